The van der Waals surface area contributed by atoms with E-state index in [1.807, 2.05) is 187 Å². The van der Waals surface area contributed by atoms with Crippen LogP contribution < -0.4 is 34.7 Å². The molecule has 12 rings (SSSR count). The first-order valence-electron chi connectivity index (χ1n) is 34.6. The molecule has 0 amide bonds. The third-order valence-corrected chi connectivity index (χ3v) is 17.4. The van der Waals surface area contributed by atoms with Crippen LogP contribution in [0.1, 0.15) is 167 Å². The van der Waals surface area contributed by atoms with E-state index in [4.69, 9.17) is 4.74 Å². The molecule has 5 heterocycles. The number of morpholine rings is 1. The average molecular weight is 1340 g/mol. The summed E-state index contributed by atoms with van der Waals surface area (Å²) in [6.07, 6.45) is 11.8. The Morgan fingerprint density at radius 1 is 0.364 bits per heavy atom. The third kappa shape index (κ3) is 26.2. The summed E-state index contributed by atoms with van der Waals surface area (Å²) in [4.78, 5) is 95.0. The zero-order valence-corrected chi connectivity index (χ0v) is 60.2. The molecule has 4 aliphatic heterocycles. The van der Waals surface area contributed by atoms with Crippen LogP contribution in [-0.4, -0.2) is 156 Å². The molecule has 0 atom stereocenters. The van der Waals surface area contributed by atoms with Gasteiger partial charge in [0.1, 0.15) is 0 Å². The minimum absolute atomic E-state index is 0.0854. The molecule has 524 valence electrons. The van der Waals surface area contributed by atoms with Crippen molar-refractivity contribution in [1.82, 2.24) is 14.9 Å². The summed E-state index contributed by atoms with van der Waals surface area (Å²) in [6.45, 7) is 29.6. The Labute approximate surface area is 587 Å². The fraction of sp³-hybridized carbons (Fsp3) is 0.366. The van der Waals surface area contributed by atoms with Gasteiger partial charge in [-0.15, -0.1) is 0 Å². The lowest BCUT2D eigenvalue weighted by atomic mass is 10.1. The number of hydrogen-bond donors (Lipinski definition) is 1. The molecular weight excluding hydrogens is 1240 g/mol. The number of aromatic nitrogens is 2. The van der Waals surface area contributed by atoms with Crippen LogP contribution in [0.15, 0.2) is 189 Å². The number of Topliss-reactive ketones (excluding diaryl/α,β-unsaturated/α-hetero) is 7. The van der Waals surface area contributed by atoms with Crippen molar-refractivity contribution >= 4 is 74.6 Å². The number of ketones is 7. The van der Waals surface area contributed by atoms with Crippen LogP contribution in [0.5, 0.6) is 0 Å². The molecule has 0 saturated carbocycles. The number of carbonyl (C=O) groups excluding carboxylic acids is 7. The Hall–Kier alpha value is -9.84. The van der Waals surface area contributed by atoms with Crippen LogP contribution >= 0.6 is 0 Å². The first kappa shape index (κ1) is 78.2. The van der Waals surface area contributed by atoms with Crippen LogP contribution in [0.25, 0.3) is 5.69 Å². The molecule has 0 aliphatic carbocycles. The van der Waals surface area contributed by atoms with Crippen molar-refractivity contribution in [3.05, 3.63) is 228 Å². The summed E-state index contributed by atoms with van der Waals surface area (Å²) < 4.78 is 7.18. The normalized spacial score (nSPS) is 13.7. The van der Waals surface area contributed by atoms with Gasteiger partial charge in [-0.1, -0.05) is 0 Å². The van der Waals surface area contributed by atoms with E-state index in [1.54, 1.807) is 61.0 Å². The second-order valence-electron chi connectivity index (χ2n) is 24.8. The Morgan fingerprint density at radius 2 is 0.636 bits per heavy atom. The summed E-state index contributed by atoms with van der Waals surface area (Å²) in [5, 5.41) is 3.32. The van der Waals surface area contributed by atoms with Crippen LogP contribution in [0.4, 0.5) is 34.1 Å². The minimum atomic E-state index is 0.0854. The monoisotopic (exact) mass is 1340 g/mol. The maximum atomic E-state index is 11.1. The highest BCUT2D eigenvalue weighted by Crippen LogP contribution is 2.24. The van der Waals surface area contributed by atoms with Crippen molar-refractivity contribution in [1.29, 1.82) is 0 Å². The van der Waals surface area contributed by atoms with E-state index in [2.05, 4.69) is 60.8 Å². The van der Waals surface area contributed by atoms with Gasteiger partial charge in [-0.25, -0.2) is 4.98 Å². The van der Waals surface area contributed by atoms with E-state index in [0.29, 0.717) is 0 Å². The van der Waals surface area contributed by atoms with Gasteiger partial charge in [0, 0.05) is 184 Å². The average Bonchev–Trinajstić information content (AvgIpc) is 1.59. The number of carbonyl (C=O) groups is 7. The number of nitrogens with one attached hydrogen (secondary N) is 1. The molecule has 99 heavy (non-hydrogen) atoms. The topological polar surface area (TPSA) is 178 Å². The van der Waals surface area contributed by atoms with Gasteiger partial charge in [-0.05, 0) is 264 Å². The number of benzene rings is 7. The lowest BCUT2D eigenvalue weighted by molar-refractivity contribution is 0.100. The van der Waals surface area contributed by atoms with Crippen molar-refractivity contribution in [3.8, 4) is 5.69 Å². The van der Waals surface area contributed by atoms with Crippen molar-refractivity contribution in [2.75, 3.05) is 135 Å². The fourth-order valence-corrected chi connectivity index (χ4v) is 11.3. The van der Waals surface area contributed by atoms with Crippen molar-refractivity contribution in [2.45, 2.75) is 94.4 Å². The second kappa shape index (κ2) is 41.4. The van der Waals surface area contributed by atoms with E-state index >= 15 is 0 Å². The summed E-state index contributed by atoms with van der Waals surface area (Å²) in [7, 11) is 3.95. The molecule has 0 radical (unpaired) electrons. The Kier molecular flexibility index (Phi) is 32.7. The van der Waals surface area contributed by atoms with E-state index in [1.165, 1.54) is 60.5 Å². The van der Waals surface area contributed by atoms with Crippen LogP contribution in [0.3, 0.4) is 0 Å². The number of piperidine rings is 1. The second-order valence-corrected chi connectivity index (χ2v) is 24.8. The van der Waals surface area contributed by atoms with E-state index in [0.717, 1.165) is 142 Å². The van der Waals surface area contributed by atoms with Gasteiger partial charge in [0.25, 0.3) is 0 Å². The molecule has 0 bridgehead atoms. The molecule has 17 heteroatoms. The predicted octanol–water partition coefficient (Wildman–Crippen LogP) is 15.2. The standard InChI is InChI=1S/C13H17NO.C12H16N2O.C12H15NO2.C12H15NO.C12H17NO.C11H10N2O.C10H13NO/c1-11(15)12-5-7-13(8-6-12)14-9-3-2-4-10-14;1-10(15)11-2-4-12(5-3-11)14-8-6-13-7-9-14;1-10(14)11-2-4-12(5-3-11)13-6-8-15-9-7-13;1-10(14)11-4-6-12(7-5-11)13-8-2-3-9-13;1-4-13(5-2)12-8-6-11(7-9-12)10(3)14;1-9(14)10-2-4-11(5-3-10)13-7-6-12-8-13;1-8(12)9-4-6-10(7-5-9)11(2)3/h5-8H,2-4,9-10H2,1H3;2-5,13H,6-9H2,1H3;2-5H,6-9H2,1H3;4-7H,2-3,8-9H2,1H3;6-9H,4-5H2,1-3H3;2-8H,1H3;4-7H,1-3H3. The van der Waals surface area contributed by atoms with Gasteiger partial charge in [0.2, 0.25) is 0 Å². The summed E-state index contributed by atoms with van der Waals surface area (Å²) in [5.41, 5.74) is 13.6. The number of hydrogen-bond acceptors (Lipinski definition) is 16. The molecule has 1 N–H and O–H groups in total. The number of piperazine rings is 1. The molecular formula is C82H103N9O8. The minimum Gasteiger partial charge on any atom is -0.378 e. The molecule has 17 nitrogen and oxygen atoms in total. The largest absolute Gasteiger partial charge is 0.378 e. The lowest BCUT2D eigenvalue weighted by Crippen LogP contribution is -2.43. The SMILES string of the molecule is CC(=O)c1ccc(-n2ccnc2)cc1.CC(=O)c1ccc(N(C)C)cc1.CC(=O)c1ccc(N2CCCC2)cc1.CC(=O)c1ccc(N2CCCCC2)cc1.CC(=O)c1ccc(N2CCNCC2)cc1.CC(=O)c1ccc(N2CCOCC2)cc1.CCN(CC)c1ccc(C(C)=O)cc1. The van der Waals surface area contributed by atoms with Gasteiger partial charge < -0.3 is 44.0 Å². The Balaban J connectivity index is 0.000000182. The van der Waals surface area contributed by atoms with E-state index < -0.39 is 0 Å². The quantitative estimate of drug-likeness (QED) is 0.0903. The van der Waals surface area contributed by atoms with Crippen LogP contribution in [0, 0.1) is 0 Å². The van der Waals surface area contributed by atoms with Gasteiger partial charge in [0.05, 0.1) is 19.5 Å². The molecule has 8 aromatic rings. The lowest BCUT2D eigenvalue weighted by Gasteiger charge is -2.29. The Morgan fingerprint density at radius 3 is 0.919 bits per heavy atom. The maximum absolute atomic E-state index is 11.1. The Bertz CT molecular complexity index is 3510. The summed E-state index contributed by atoms with van der Waals surface area (Å²) >= 11 is 0. The first-order valence-corrected chi connectivity index (χ1v) is 34.6. The molecule has 7 aromatic carbocycles. The van der Waals surface area contributed by atoms with Crippen LogP contribution in [-0.2, 0) is 4.74 Å². The van der Waals surface area contributed by atoms with Crippen LogP contribution in [0.2, 0.25) is 0 Å². The van der Waals surface area contributed by atoms with Gasteiger partial charge in [-0.2, -0.15) is 0 Å². The van der Waals surface area contributed by atoms with Gasteiger partial charge >= 0.3 is 0 Å². The number of rotatable bonds is 16. The number of nitrogens with zero attached hydrogens (tertiary/aromatic N) is 8. The van der Waals surface area contributed by atoms with E-state index in [-0.39, 0.29) is 40.5 Å². The molecule has 4 aliphatic rings. The molecule has 4 fully saturated rings. The van der Waals surface area contributed by atoms with Gasteiger partial charge in [0.15, 0.2) is 40.5 Å². The smallest absolute Gasteiger partial charge is 0.159 e. The molecule has 4 saturated heterocycles. The summed E-state index contributed by atoms with van der Waals surface area (Å²) in [6, 6.07) is 54.3. The molecule has 1 aromatic heterocycles. The predicted molar refractivity (Wildman–Crippen MR) is 406 cm³/mol. The highest BCUT2D eigenvalue weighted by molar-refractivity contribution is 5.97. The third-order valence-electron chi connectivity index (χ3n) is 17.4. The first-order chi connectivity index (χ1) is 47.6. The molecule has 0 spiro atoms. The van der Waals surface area contributed by atoms with E-state index in [9.17, 15) is 33.6 Å². The molecule has 0 unspecified atom stereocenters. The number of ether oxygens (including phenoxy) is 1. The number of imidazole rings is 1. The zero-order valence-electron chi connectivity index (χ0n) is 60.2. The zero-order chi connectivity index (χ0) is 71.6. The van der Waals surface area contributed by atoms with Crippen molar-refractivity contribution < 1.29 is 38.3 Å². The van der Waals surface area contributed by atoms with Crippen molar-refractivity contribution in [3.63, 3.8) is 0 Å². The van der Waals surface area contributed by atoms with Crippen molar-refractivity contribution in [2.24, 2.45) is 0 Å². The fourth-order valence-electron chi connectivity index (χ4n) is 11.3. The summed E-state index contributed by atoms with van der Waals surface area (Å²) in [5.74, 6) is 0.835. The van der Waals surface area contributed by atoms with Gasteiger partial charge in [-0.3, -0.25) is 33.6 Å². The highest BCUT2D eigenvalue weighted by Gasteiger charge is 2.16. The highest BCUT2D eigenvalue weighted by atomic mass is 16.5. The maximum Gasteiger partial charge on any atom is 0.159 e. The number of anilines is 6.